The van der Waals surface area contributed by atoms with E-state index < -0.39 is 5.54 Å². The number of rotatable bonds is 7. The summed E-state index contributed by atoms with van der Waals surface area (Å²) in [5.74, 6) is -0.296. The van der Waals surface area contributed by atoms with Crippen LogP contribution in [-0.2, 0) is 14.4 Å². The molecule has 0 fully saturated rings. The third-order valence-electron chi connectivity index (χ3n) is 1.84. The summed E-state index contributed by atoms with van der Waals surface area (Å²) in [6, 6.07) is 0. The van der Waals surface area contributed by atoms with Crippen molar-refractivity contribution in [3.05, 3.63) is 0 Å². The lowest BCUT2D eigenvalue weighted by Crippen LogP contribution is -2.51. The topological polar surface area (TPSA) is 73.6 Å². The molecule has 0 aromatic heterocycles. The molecule has 0 aliphatic rings. The Labute approximate surface area is 84.9 Å². The highest BCUT2D eigenvalue weighted by Crippen LogP contribution is 2.07. The molecule has 0 aromatic carbocycles. The molecule has 0 heterocycles. The van der Waals surface area contributed by atoms with Gasteiger partial charge in [0.25, 0.3) is 5.91 Å². The summed E-state index contributed by atoms with van der Waals surface area (Å²) < 4.78 is 4.75. The van der Waals surface area contributed by atoms with Gasteiger partial charge in [-0.1, -0.05) is 13.3 Å². The minimum atomic E-state index is -0.859. The van der Waals surface area contributed by atoms with Crippen LogP contribution in [-0.4, -0.2) is 31.8 Å². The second-order valence-electron chi connectivity index (χ2n) is 3.44. The summed E-state index contributed by atoms with van der Waals surface area (Å²) in [6.45, 7) is 4.43. The van der Waals surface area contributed by atoms with Crippen LogP contribution in [0.5, 0.6) is 0 Å². The minimum Gasteiger partial charge on any atom is -0.382 e. The van der Waals surface area contributed by atoms with Gasteiger partial charge in [0.1, 0.15) is 0 Å². The van der Waals surface area contributed by atoms with E-state index in [2.05, 4.69) is 5.48 Å². The molecule has 0 aliphatic carbocycles. The predicted molar refractivity (Wildman–Crippen MR) is 53.5 cm³/mol. The Morgan fingerprint density at radius 2 is 2.14 bits per heavy atom. The molecule has 1 unspecified atom stereocenters. The number of amides is 1. The highest BCUT2D eigenvalue weighted by Gasteiger charge is 2.27. The van der Waals surface area contributed by atoms with E-state index in [9.17, 15) is 4.79 Å². The maximum atomic E-state index is 11.4. The predicted octanol–water partition coefficient (Wildman–Crippen LogP) is 0.198. The van der Waals surface area contributed by atoms with Crippen molar-refractivity contribution < 1.29 is 14.4 Å². The van der Waals surface area contributed by atoms with Crippen LogP contribution >= 0.6 is 0 Å². The summed E-state index contributed by atoms with van der Waals surface area (Å²) in [6.07, 6.45) is 1.49. The molecule has 84 valence electrons. The third-order valence-corrected chi connectivity index (χ3v) is 1.84. The van der Waals surface area contributed by atoms with Crippen molar-refractivity contribution in [2.24, 2.45) is 5.73 Å². The average Bonchev–Trinajstić information content (AvgIpc) is 2.12. The van der Waals surface area contributed by atoms with Crippen LogP contribution < -0.4 is 11.2 Å². The lowest BCUT2D eigenvalue weighted by atomic mass is 9.97. The number of hydrogen-bond acceptors (Lipinski definition) is 4. The first-order chi connectivity index (χ1) is 6.54. The fourth-order valence-electron chi connectivity index (χ4n) is 0.991. The van der Waals surface area contributed by atoms with Crippen LogP contribution in [0.4, 0.5) is 0 Å². The van der Waals surface area contributed by atoms with E-state index in [0.29, 0.717) is 19.6 Å². The molecule has 1 atom stereocenters. The van der Waals surface area contributed by atoms with Gasteiger partial charge in [-0.3, -0.25) is 9.63 Å². The lowest BCUT2D eigenvalue weighted by Gasteiger charge is -2.22. The van der Waals surface area contributed by atoms with Crippen molar-refractivity contribution in [3.63, 3.8) is 0 Å². The van der Waals surface area contributed by atoms with Crippen LogP contribution in [0, 0.1) is 0 Å². The first kappa shape index (κ1) is 13.4. The number of hydrogen-bond donors (Lipinski definition) is 2. The molecule has 0 aliphatic heterocycles. The molecule has 0 aromatic rings. The highest BCUT2D eigenvalue weighted by molar-refractivity contribution is 5.84. The van der Waals surface area contributed by atoms with Gasteiger partial charge < -0.3 is 10.5 Å². The largest absolute Gasteiger partial charge is 0.382 e. The maximum Gasteiger partial charge on any atom is 0.263 e. The quantitative estimate of drug-likeness (QED) is 0.459. The van der Waals surface area contributed by atoms with Gasteiger partial charge in [0.15, 0.2) is 0 Å². The minimum absolute atomic E-state index is 0.296. The second kappa shape index (κ2) is 6.75. The van der Waals surface area contributed by atoms with E-state index in [-0.39, 0.29) is 5.91 Å². The van der Waals surface area contributed by atoms with Crippen molar-refractivity contribution in [1.29, 1.82) is 0 Å². The summed E-state index contributed by atoms with van der Waals surface area (Å²) in [7, 11) is 1.56. The molecule has 0 saturated heterocycles. The van der Waals surface area contributed by atoms with Gasteiger partial charge in [0, 0.05) is 7.11 Å². The molecule has 3 N–H and O–H groups in total. The Kier molecular flexibility index (Phi) is 6.44. The van der Waals surface area contributed by atoms with Crippen molar-refractivity contribution in [1.82, 2.24) is 5.48 Å². The molecule has 5 nitrogen and oxygen atoms in total. The van der Waals surface area contributed by atoms with Crippen molar-refractivity contribution in [2.45, 2.75) is 32.2 Å². The van der Waals surface area contributed by atoms with Crippen LogP contribution in [0.3, 0.4) is 0 Å². The van der Waals surface area contributed by atoms with Gasteiger partial charge in [-0.25, -0.2) is 5.48 Å². The highest BCUT2D eigenvalue weighted by atomic mass is 16.7. The summed E-state index contributed by atoms with van der Waals surface area (Å²) in [4.78, 5) is 16.3. The molecule has 0 bridgehead atoms. The smallest absolute Gasteiger partial charge is 0.263 e. The SMILES string of the molecule is CCCC(C)(N)C(=O)NOCCOC. The fraction of sp³-hybridized carbons (Fsp3) is 0.889. The van der Waals surface area contributed by atoms with Crippen molar-refractivity contribution in [3.8, 4) is 0 Å². The summed E-state index contributed by atoms with van der Waals surface area (Å²) in [5.41, 5.74) is 7.20. The molecular weight excluding hydrogens is 184 g/mol. The van der Waals surface area contributed by atoms with E-state index in [4.69, 9.17) is 15.3 Å². The first-order valence-corrected chi connectivity index (χ1v) is 4.74. The Balaban J connectivity index is 3.71. The second-order valence-corrected chi connectivity index (χ2v) is 3.44. The molecule has 1 amide bonds. The molecule has 14 heavy (non-hydrogen) atoms. The maximum absolute atomic E-state index is 11.4. The number of hydroxylamine groups is 1. The summed E-state index contributed by atoms with van der Waals surface area (Å²) >= 11 is 0. The van der Waals surface area contributed by atoms with Crippen LogP contribution in [0.2, 0.25) is 0 Å². The van der Waals surface area contributed by atoms with Crippen LogP contribution in [0.25, 0.3) is 0 Å². The lowest BCUT2D eigenvalue weighted by molar-refractivity contribution is -0.139. The molecule has 0 radical (unpaired) electrons. The number of nitrogens with two attached hydrogens (primary N) is 1. The Morgan fingerprint density at radius 3 is 2.64 bits per heavy atom. The van der Waals surface area contributed by atoms with E-state index in [1.807, 2.05) is 6.92 Å². The van der Waals surface area contributed by atoms with Crippen LogP contribution in [0.1, 0.15) is 26.7 Å². The Bertz CT molecular complexity index is 171. The van der Waals surface area contributed by atoms with E-state index in [1.54, 1.807) is 14.0 Å². The van der Waals surface area contributed by atoms with Gasteiger partial charge in [0.05, 0.1) is 18.8 Å². The number of carbonyl (C=O) groups excluding carboxylic acids is 1. The zero-order chi connectivity index (χ0) is 11.0. The Hall–Kier alpha value is -0.650. The van der Waals surface area contributed by atoms with E-state index >= 15 is 0 Å². The van der Waals surface area contributed by atoms with Gasteiger partial charge in [0.2, 0.25) is 0 Å². The summed E-state index contributed by atoms with van der Waals surface area (Å²) in [5, 5.41) is 0. The van der Waals surface area contributed by atoms with Gasteiger partial charge in [-0.2, -0.15) is 0 Å². The first-order valence-electron chi connectivity index (χ1n) is 4.74. The molecule has 0 saturated carbocycles. The normalized spacial score (nSPS) is 14.9. The average molecular weight is 204 g/mol. The Morgan fingerprint density at radius 1 is 1.50 bits per heavy atom. The zero-order valence-electron chi connectivity index (χ0n) is 9.13. The number of nitrogens with one attached hydrogen (secondary N) is 1. The number of carbonyl (C=O) groups is 1. The zero-order valence-corrected chi connectivity index (χ0v) is 9.13. The van der Waals surface area contributed by atoms with Gasteiger partial charge >= 0.3 is 0 Å². The standard InChI is InChI=1S/C9H20N2O3/c1-4-5-9(2,10)8(12)11-14-7-6-13-3/h4-7,10H2,1-3H3,(H,11,12). The van der Waals surface area contributed by atoms with E-state index in [1.165, 1.54) is 0 Å². The fourth-order valence-corrected chi connectivity index (χ4v) is 0.991. The molecule has 5 heteroatoms. The monoisotopic (exact) mass is 204 g/mol. The third kappa shape index (κ3) is 5.16. The molecular formula is C9H20N2O3. The van der Waals surface area contributed by atoms with E-state index in [0.717, 1.165) is 6.42 Å². The van der Waals surface area contributed by atoms with Crippen molar-refractivity contribution >= 4 is 5.91 Å². The molecule has 0 spiro atoms. The number of ether oxygens (including phenoxy) is 1. The van der Waals surface area contributed by atoms with Crippen LogP contribution in [0.15, 0.2) is 0 Å². The van der Waals surface area contributed by atoms with Gasteiger partial charge in [-0.05, 0) is 13.3 Å². The number of methoxy groups -OCH3 is 1. The van der Waals surface area contributed by atoms with Crippen molar-refractivity contribution in [2.75, 3.05) is 20.3 Å². The molecule has 0 rings (SSSR count). The van der Waals surface area contributed by atoms with Gasteiger partial charge in [-0.15, -0.1) is 0 Å².